The monoisotopic (exact) mass is 339 g/mol. The molecule has 1 aromatic rings. The first-order valence-electron chi connectivity index (χ1n) is 7.23. The second kappa shape index (κ2) is 6.72. The lowest BCUT2D eigenvalue weighted by molar-refractivity contribution is -0.128. The summed E-state index contributed by atoms with van der Waals surface area (Å²) < 4.78 is 6.52. The maximum atomic E-state index is 12.3. The molecule has 1 fully saturated rings. The van der Waals surface area contributed by atoms with E-state index in [-0.39, 0.29) is 17.4 Å². The molecule has 1 atom stereocenters. The van der Waals surface area contributed by atoms with Crippen LogP contribution < -0.4 is 5.32 Å². The number of carbonyl (C=O) groups excluding carboxylic acids is 1. The average molecular weight is 340 g/mol. The van der Waals surface area contributed by atoms with Gasteiger partial charge >= 0.3 is 0 Å². The van der Waals surface area contributed by atoms with Crippen molar-refractivity contribution in [2.24, 2.45) is 5.92 Å². The molecule has 20 heavy (non-hydrogen) atoms. The Balaban J connectivity index is 2.28. The first-order chi connectivity index (χ1) is 9.57. The number of ether oxygens (including phenoxy) is 1. The minimum Gasteiger partial charge on any atom is -0.381 e. The van der Waals surface area contributed by atoms with Crippen LogP contribution in [0.4, 0.5) is 0 Å². The Hall–Kier alpha value is -0.870. The molecule has 1 aromatic carbocycles. The summed E-state index contributed by atoms with van der Waals surface area (Å²) in [5, 5.41) is 3.29. The molecule has 0 spiro atoms. The van der Waals surface area contributed by atoms with E-state index in [1.165, 1.54) is 0 Å². The Morgan fingerprint density at radius 3 is 2.75 bits per heavy atom. The molecular formula is C16H22BrNO2. The Morgan fingerprint density at radius 2 is 2.15 bits per heavy atom. The van der Waals surface area contributed by atoms with Crippen LogP contribution in [0.2, 0.25) is 0 Å². The van der Waals surface area contributed by atoms with Gasteiger partial charge in [-0.2, -0.15) is 0 Å². The Bertz CT molecular complexity index is 469. The van der Waals surface area contributed by atoms with Gasteiger partial charge in [0.2, 0.25) is 5.91 Å². The second-order valence-electron chi connectivity index (χ2n) is 5.50. The molecule has 0 saturated carbocycles. The van der Waals surface area contributed by atoms with Crippen LogP contribution in [0.25, 0.3) is 0 Å². The smallest absolute Gasteiger partial charge is 0.223 e. The molecule has 0 aliphatic carbocycles. The third kappa shape index (κ3) is 3.41. The predicted molar refractivity (Wildman–Crippen MR) is 83.5 cm³/mol. The molecule has 4 heteroatoms. The number of halogens is 1. The van der Waals surface area contributed by atoms with Crippen LogP contribution in [-0.4, -0.2) is 19.1 Å². The van der Waals surface area contributed by atoms with Gasteiger partial charge in [-0.05, 0) is 37.0 Å². The van der Waals surface area contributed by atoms with Gasteiger partial charge in [0.1, 0.15) is 0 Å². The summed E-state index contributed by atoms with van der Waals surface area (Å²) in [7, 11) is 0. The van der Waals surface area contributed by atoms with Crippen molar-refractivity contribution in [2.75, 3.05) is 13.2 Å². The van der Waals surface area contributed by atoms with Crippen molar-refractivity contribution >= 4 is 21.8 Å². The van der Waals surface area contributed by atoms with E-state index in [0.29, 0.717) is 13.2 Å². The number of hydrogen-bond acceptors (Lipinski definition) is 2. The van der Waals surface area contributed by atoms with Crippen LogP contribution in [0.15, 0.2) is 28.7 Å². The van der Waals surface area contributed by atoms with E-state index in [4.69, 9.17) is 4.74 Å². The van der Waals surface area contributed by atoms with Crippen LogP contribution in [0, 0.1) is 5.92 Å². The quantitative estimate of drug-likeness (QED) is 0.909. The van der Waals surface area contributed by atoms with Gasteiger partial charge in [-0.1, -0.05) is 41.9 Å². The van der Waals surface area contributed by atoms with Crippen molar-refractivity contribution in [1.29, 1.82) is 0 Å². The van der Waals surface area contributed by atoms with E-state index in [2.05, 4.69) is 33.4 Å². The summed E-state index contributed by atoms with van der Waals surface area (Å²) in [4.78, 5) is 12.3. The number of benzene rings is 1. The molecule has 1 saturated heterocycles. The van der Waals surface area contributed by atoms with Crippen molar-refractivity contribution in [3.63, 3.8) is 0 Å². The fourth-order valence-electron chi connectivity index (χ4n) is 2.54. The van der Waals surface area contributed by atoms with Gasteiger partial charge in [0, 0.05) is 23.6 Å². The van der Waals surface area contributed by atoms with Gasteiger partial charge in [-0.15, -0.1) is 0 Å². The standard InChI is InChI=1S/C16H22BrNO2/c1-3-12(2)15(19)18-16(7-9-20-10-8-16)13-5-4-6-14(17)11-13/h4-6,11-12H,3,7-10H2,1-2H3,(H,18,19). The molecule has 3 nitrogen and oxygen atoms in total. The summed E-state index contributed by atoms with van der Waals surface area (Å²) in [6, 6.07) is 8.22. The zero-order valence-electron chi connectivity index (χ0n) is 12.1. The topological polar surface area (TPSA) is 38.3 Å². The number of hydrogen-bond donors (Lipinski definition) is 1. The van der Waals surface area contributed by atoms with Crippen LogP contribution in [0.1, 0.15) is 38.7 Å². The molecular weight excluding hydrogens is 318 g/mol. The molecule has 1 amide bonds. The summed E-state index contributed by atoms with van der Waals surface area (Å²) in [6.07, 6.45) is 2.51. The molecule has 1 aliphatic heterocycles. The van der Waals surface area contributed by atoms with E-state index in [1.54, 1.807) is 0 Å². The van der Waals surface area contributed by atoms with E-state index >= 15 is 0 Å². The number of rotatable bonds is 4. The van der Waals surface area contributed by atoms with E-state index < -0.39 is 0 Å². The first kappa shape index (κ1) is 15.5. The van der Waals surface area contributed by atoms with E-state index in [0.717, 1.165) is 29.3 Å². The van der Waals surface area contributed by atoms with Crippen molar-refractivity contribution in [3.8, 4) is 0 Å². The van der Waals surface area contributed by atoms with Crippen molar-refractivity contribution in [2.45, 2.75) is 38.6 Å². The van der Waals surface area contributed by atoms with Crippen LogP contribution in [0.5, 0.6) is 0 Å². The van der Waals surface area contributed by atoms with Gasteiger partial charge in [0.25, 0.3) is 0 Å². The highest BCUT2D eigenvalue weighted by atomic mass is 79.9. The molecule has 1 heterocycles. The minimum absolute atomic E-state index is 0.0434. The van der Waals surface area contributed by atoms with Crippen LogP contribution in [-0.2, 0) is 15.1 Å². The maximum Gasteiger partial charge on any atom is 0.223 e. The van der Waals surface area contributed by atoms with Crippen molar-refractivity contribution in [3.05, 3.63) is 34.3 Å². The fraction of sp³-hybridized carbons (Fsp3) is 0.562. The molecule has 0 bridgehead atoms. The summed E-state index contributed by atoms with van der Waals surface area (Å²) in [6.45, 7) is 5.39. The SMILES string of the molecule is CCC(C)C(=O)NC1(c2cccc(Br)c2)CCOCC1. The Labute approximate surface area is 129 Å². The highest BCUT2D eigenvalue weighted by Crippen LogP contribution is 2.33. The van der Waals surface area contributed by atoms with E-state index in [1.807, 2.05) is 26.0 Å². The Morgan fingerprint density at radius 1 is 1.45 bits per heavy atom. The molecule has 0 aromatic heterocycles. The molecule has 1 aliphatic rings. The fourth-order valence-corrected chi connectivity index (χ4v) is 2.94. The average Bonchev–Trinajstić information content (AvgIpc) is 2.47. The summed E-state index contributed by atoms with van der Waals surface area (Å²) in [5.74, 6) is 0.177. The van der Waals surface area contributed by atoms with Crippen molar-refractivity contribution < 1.29 is 9.53 Å². The Kier molecular flexibility index (Phi) is 5.22. The number of amides is 1. The third-order valence-corrected chi connectivity index (χ3v) is 4.64. The lowest BCUT2D eigenvalue weighted by atomic mass is 9.82. The largest absolute Gasteiger partial charge is 0.381 e. The zero-order chi connectivity index (χ0) is 14.6. The van der Waals surface area contributed by atoms with Gasteiger partial charge in [-0.3, -0.25) is 4.79 Å². The van der Waals surface area contributed by atoms with Gasteiger partial charge in [0.05, 0.1) is 5.54 Å². The maximum absolute atomic E-state index is 12.3. The molecule has 2 rings (SSSR count). The third-order valence-electron chi connectivity index (χ3n) is 4.15. The second-order valence-corrected chi connectivity index (χ2v) is 6.42. The summed E-state index contributed by atoms with van der Waals surface area (Å²) in [5.41, 5.74) is 0.870. The molecule has 1 N–H and O–H groups in total. The highest BCUT2D eigenvalue weighted by Gasteiger charge is 2.36. The van der Waals surface area contributed by atoms with Gasteiger partial charge in [0.15, 0.2) is 0 Å². The molecule has 110 valence electrons. The normalized spacial score (nSPS) is 19.4. The summed E-state index contributed by atoms with van der Waals surface area (Å²) >= 11 is 3.52. The van der Waals surface area contributed by atoms with Crippen LogP contribution in [0.3, 0.4) is 0 Å². The lowest BCUT2D eigenvalue weighted by Gasteiger charge is -2.39. The number of carbonyl (C=O) groups is 1. The van der Waals surface area contributed by atoms with Gasteiger partial charge in [-0.25, -0.2) is 0 Å². The first-order valence-corrected chi connectivity index (χ1v) is 8.02. The minimum atomic E-state index is -0.289. The highest BCUT2D eigenvalue weighted by molar-refractivity contribution is 9.10. The van der Waals surface area contributed by atoms with Crippen LogP contribution >= 0.6 is 15.9 Å². The predicted octanol–water partition coefficient (Wildman–Crippen LogP) is 3.62. The molecule has 0 radical (unpaired) electrons. The van der Waals surface area contributed by atoms with E-state index in [9.17, 15) is 4.79 Å². The van der Waals surface area contributed by atoms with Gasteiger partial charge < -0.3 is 10.1 Å². The zero-order valence-corrected chi connectivity index (χ0v) is 13.7. The van der Waals surface area contributed by atoms with Crippen molar-refractivity contribution in [1.82, 2.24) is 5.32 Å². The molecule has 1 unspecified atom stereocenters. The number of nitrogens with one attached hydrogen (secondary N) is 1. The lowest BCUT2D eigenvalue weighted by Crippen LogP contribution is -2.50.